The van der Waals surface area contributed by atoms with Gasteiger partial charge in [0.2, 0.25) is 5.95 Å². The Balaban J connectivity index is 0.000000858. The van der Waals surface area contributed by atoms with E-state index in [0.717, 1.165) is 0 Å². The lowest BCUT2D eigenvalue weighted by Crippen LogP contribution is -2.50. The monoisotopic (exact) mass is 470 g/mol. The van der Waals surface area contributed by atoms with Gasteiger partial charge in [-0.1, -0.05) is 6.07 Å². The van der Waals surface area contributed by atoms with Crippen molar-refractivity contribution in [2.75, 3.05) is 36.4 Å². The molecule has 0 N–H and O–H groups in total. The van der Waals surface area contributed by atoms with Crippen molar-refractivity contribution in [3.05, 3.63) is 29.8 Å². The summed E-state index contributed by atoms with van der Waals surface area (Å²) in [6, 6.07) is 3.50. The minimum Gasteiger partial charge on any atom is -0.444 e. The summed E-state index contributed by atoms with van der Waals surface area (Å²) < 4.78 is 21.7. The van der Waals surface area contributed by atoms with E-state index in [-0.39, 0.29) is 17.2 Å². The molecule has 0 aliphatic carbocycles. The molecule has 0 unspecified atom stereocenters. The molecule has 4 rings (SSSR count). The van der Waals surface area contributed by atoms with Gasteiger partial charge in [0.25, 0.3) is 0 Å². The van der Waals surface area contributed by atoms with Crippen LogP contribution in [0.3, 0.4) is 0 Å². The van der Waals surface area contributed by atoms with E-state index in [1.54, 1.807) is 28.5 Å². The fourth-order valence-electron chi connectivity index (χ4n) is 3.31. The smallest absolute Gasteiger partial charge is 0.410 e. The van der Waals surface area contributed by atoms with E-state index in [2.05, 4.69) is 15.1 Å². The van der Waals surface area contributed by atoms with Crippen molar-refractivity contribution in [2.45, 2.75) is 33.3 Å². The number of carbonyl (C=O) groups excluding carboxylic acids is 1. The topological polar surface area (TPSA) is 75.9 Å². The molecule has 1 aliphatic heterocycles. The summed E-state index contributed by atoms with van der Waals surface area (Å²) in [4.78, 5) is 24.9. The van der Waals surface area contributed by atoms with Gasteiger partial charge in [0.1, 0.15) is 17.7 Å². The van der Waals surface area contributed by atoms with E-state index in [1.165, 1.54) is 6.33 Å². The Hall–Kier alpha value is -2.39. The van der Waals surface area contributed by atoms with Crippen molar-refractivity contribution in [1.82, 2.24) is 24.5 Å². The first-order valence-electron chi connectivity index (χ1n) is 9.79. The van der Waals surface area contributed by atoms with Crippen molar-refractivity contribution < 1.29 is 13.9 Å². The Morgan fingerprint density at radius 1 is 1.19 bits per heavy atom. The van der Waals surface area contributed by atoms with E-state index in [0.29, 0.717) is 54.2 Å². The molecule has 2 aromatic heterocycles. The molecule has 0 bridgehead atoms. The number of alkyl halides is 2. The summed E-state index contributed by atoms with van der Waals surface area (Å²) in [7, 11) is 0. The van der Waals surface area contributed by atoms with E-state index >= 15 is 0 Å². The molecule has 3 aromatic rings. The third-order valence-corrected chi connectivity index (χ3v) is 4.71. The highest BCUT2D eigenvalue weighted by atomic mass is 35.5. The highest BCUT2D eigenvalue weighted by Gasteiger charge is 2.28. The van der Waals surface area contributed by atoms with Gasteiger partial charge in [-0.25, -0.2) is 19.2 Å². The molecule has 1 fully saturated rings. The molecule has 3 heterocycles. The number of amides is 1. The number of piperazine rings is 1. The van der Waals surface area contributed by atoms with Gasteiger partial charge in [-0.3, -0.25) is 0 Å². The number of carbonyl (C=O) groups is 1. The van der Waals surface area contributed by atoms with Gasteiger partial charge in [0.15, 0.2) is 5.65 Å². The fraction of sp³-hybridized carbons (Fsp3) is 0.500. The van der Waals surface area contributed by atoms with Crippen LogP contribution in [0, 0.1) is 12.7 Å². The summed E-state index contributed by atoms with van der Waals surface area (Å²) >= 11 is 9.53. The van der Waals surface area contributed by atoms with E-state index in [4.69, 9.17) is 27.9 Å². The molecule has 1 saturated heterocycles. The maximum Gasteiger partial charge on any atom is 0.410 e. The number of benzene rings is 1. The van der Waals surface area contributed by atoms with Crippen LogP contribution in [-0.2, 0) is 4.74 Å². The molecule has 0 spiro atoms. The lowest BCUT2D eigenvalue weighted by molar-refractivity contribution is 0.0240. The maximum atomic E-state index is 14.7. The second kappa shape index (κ2) is 9.40. The Morgan fingerprint density at radius 2 is 1.84 bits per heavy atom. The summed E-state index contributed by atoms with van der Waals surface area (Å²) in [6.07, 6.45) is 1.08. The lowest BCUT2D eigenvalue weighted by atomic mass is 10.1. The van der Waals surface area contributed by atoms with Crippen LogP contribution in [0.5, 0.6) is 0 Å². The molecule has 1 aromatic carbocycles. The van der Waals surface area contributed by atoms with Gasteiger partial charge in [-0.15, -0.1) is 23.2 Å². The lowest BCUT2D eigenvalue weighted by Gasteiger charge is -2.36. The van der Waals surface area contributed by atoms with Crippen molar-refractivity contribution in [3.8, 4) is 0 Å². The number of hydrogen-bond donors (Lipinski definition) is 0. The molecule has 1 aliphatic rings. The standard InChI is InChI=1S/C19H23FN6O2.CH2Cl2/c1-12-5-6-13-14(15(12)20)16-21-11-22-26(16)17(23-13)24-7-9-25(10-8-24)18(27)28-19(2,3)4;2-1-3/h5-6,11H,7-10H2,1-4H3;1H2. The third-order valence-electron chi connectivity index (χ3n) is 4.71. The Morgan fingerprint density at radius 3 is 2.45 bits per heavy atom. The first-order valence-corrected chi connectivity index (χ1v) is 10.9. The van der Waals surface area contributed by atoms with Gasteiger partial charge >= 0.3 is 6.09 Å². The van der Waals surface area contributed by atoms with Crippen molar-refractivity contribution >= 4 is 51.8 Å². The molecule has 0 radical (unpaired) electrons. The van der Waals surface area contributed by atoms with Crippen LogP contribution in [0.4, 0.5) is 15.1 Å². The Kier molecular flexibility index (Phi) is 7.06. The number of anilines is 1. The SMILES string of the molecule is Cc1ccc2nc(N3CCN(C(=O)OC(C)(C)C)CC3)n3ncnc3c2c1F.ClCCl. The quantitative estimate of drug-likeness (QED) is 0.496. The van der Waals surface area contributed by atoms with Crippen LogP contribution in [0.25, 0.3) is 16.6 Å². The minimum absolute atomic E-state index is 0.194. The highest BCUT2D eigenvalue weighted by Crippen LogP contribution is 2.27. The van der Waals surface area contributed by atoms with E-state index in [1.807, 2.05) is 25.7 Å². The van der Waals surface area contributed by atoms with Crippen LogP contribution < -0.4 is 4.90 Å². The Bertz CT molecular complexity index is 1080. The largest absolute Gasteiger partial charge is 0.444 e. The van der Waals surface area contributed by atoms with E-state index < -0.39 is 5.60 Å². The molecule has 31 heavy (non-hydrogen) atoms. The summed E-state index contributed by atoms with van der Waals surface area (Å²) in [6.45, 7) is 9.42. The number of aryl methyl sites for hydroxylation is 1. The predicted octanol–water partition coefficient (Wildman–Crippen LogP) is 4.20. The zero-order valence-electron chi connectivity index (χ0n) is 17.9. The van der Waals surface area contributed by atoms with Crippen molar-refractivity contribution in [1.29, 1.82) is 0 Å². The van der Waals surface area contributed by atoms with E-state index in [9.17, 15) is 9.18 Å². The zero-order chi connectivity index (χ0) is 22.8. The Labute approximate surface area is 189 Å². The van der Waals surface area contributed by atoms with Gasteiger partial charge in [0, 0.05) is 26.2 Å². The maximum absolute atomic E-state index is 14.7. The molecular weight excluding hydrogens is 446 g/mol. The van der Waals surface area contributed by atoms with Crippen LogP contribution in [0.15, 0.2) is 18.5 Å². The van der Waals surface area contributed by atoms with Gasteiger partial charge in [-0.2, -0.15) is 9.61 Å². The van der Waals surface area contributed by atoms with Gasteiger partial charge in [0.05, 0.1) is 16.2 Å². The zero-order valence-corrected chi connectivity index (χ0v) is 19.4. The number of nitrogens with zero attached hydrogens (tertiary/aromatic N) is 6. The summed E-state index contributed by atoms with van der Waals surface area (Å²) in [5.41, 5.74) is 0.991. The molecular formula is C20H25Cl2FN6O2. The molecule has 1 amide bonds. The first kappa shape index (κ1) is 23.3. The average molecular weight is 471 g/mol. The normalized spacial score (nSPS) is 14.5. The highest BCUT2D eigenvalue weighted by molar-refractivity contribution is 6.40. The number of aromatic nitrogens is 4. The van der Waals surface area contributed by atoms with Crippen molar-refractivity contribution in [3.63, 3.8) is 0 Å². The number of ether oxygens (including phenoxy) is 1. The molecule has 8 nitrogen and oxygen atoms in total. The number of hydrogen-bond acceptors (Lipinski definition) is 6. The summed E-state index contributed by atoms with van der Waals surface area (Å²) in [5, 5.41) is 4.81. The van der Waals surface area contributed by atoms with Crippen LogP contribution in [-0.4, -0.2) is 67.7 Å². The van der Waals surface area contributed by atoms with Crippen LogP contribution in [0.2, 0.25) is 0 Å². The van der Waals surface area contributed by atoms with Crippen LogP contribution >= 0.6 is 23.2 Å². The predicted molar refractivity (Wildman–Crippen MR) is 120 cm³/mol. The van der Waals surface area contributed by atoms with Crippen LogP contribution in [0.1, 0.15) is 26.3 Å². The average Bonchev–Trinajstić information content (AvgIpc) is 3.19. The van der Waals surface area contributed by atoms with Gasteiger partial charge in [-0.05, 0) is 39.3 Å². The second-order valence-electron chi connectivity index (χ2n) is 8.05. The summed E-state index contributed by atoms with van der Waals surface area (Å²) in [5.74, 6) is 0.261. The molecule has 0 atom stereocenters. The number of halogens is 3. The molecule has 168 valence electrons. The number of rotatable bonds is 1. The van der Waals surface area contributed by atoms with Crippen molar-refractivity contribution in [2.24, 2.45) is 0 Å². The first-order chi connectivity index (χ1) is 14.7. The number of fused-ring (bicyclic) bond motifs is 3. The molecule has 11 heteroatoms. The molecule has 0 saturated carbocycles. The minimum atomic E-state index is -0.525. The third kappa shape index (κ3) is 5.10. The van der Waals surface area contributed by atoms with Gasteiger partial charge < -0.3 is 14.5 Å². The fourth-order valence-corrected chi connectivity index (χ4v) is 3.31. The second-order valence-corrected chi connectivity index (χ2v) is 8.86.